The minimum atomic E-state index is -0.310. The summed E-state index contributed by atoms with van der Waals surface area (Å²) in [4.78, 5) is 38.3. The molecule has 0 spiro atoms. The van der Waals surface area contributed by atoms with Gasteiger partial charge in [-0.15, -0.1) is 0 Å². The number of halogens is 1. The third kappa shape index (κ3) is 3.01. The van der Waals surface area contributed by atoms with Crippen molar-refractivity contribution in [1.82, 2.24) is 4.90 Å². The summed E-state index contributed by atoms with van der Waals surface area (Å²) in [5.41, 5.74) is 0.655. The second kappa shape index (κ2) is 6.71. The molecule has 4 rings (SSSR count). The maximum Gasteiger partial charge on any atom is 0.306 e. The Bertz CT molecular complexity index is 821. The zero-order valence-corrected chi connectivity index (χ0v) is 17.0. The second-order valence-electron chi connectivity index (χ2n) is 8.03. The van der Waals surface area contributed by atoms with E-state index in [0.717, 1.165) is 17.5 Å². The number of hydrogen-bond donors (Lipinski definition) is 0. The van der Waals surface area contributed by atoms with Gasteiger partial charge in [0.15, 0.2) is 0 Å². The fourth-order valence-corrected chi connectivity index (χ4v) is 4.93. The number of rotatable bonds is 5. The van der Waals surface area contributed by atoms with Crippen LogP contribution in [0.1, 0.15) is 53.8 Å². The summed E-state index contributed by atoms with van der Waals surface area (Å²) in [6, 6.07) is 5.04. The van der Waals surface area contributed by atoms with Crippen molar-refractivity contribution < 1.29 is 23.9 Å². The first-order chi connectivity index (χ1) is 12.8. The Morgan fingerprint density at radius 3 is 2.81 bits per heavy atom. The van der Waals surface area contributed by atoms with Gasteiger partial charge in [0.1, 0.15) is 6.10 Å². The van der Waals surface area contributed by atoms with Gasteiger partial charge < -0.3 is 9.47 Å². The third-order valence-corrected chi connectivity index (χ3v) is 6.44. The number of imide groups is 1. The van der Waals surface area contributed by atoms with E-state index in [1.165, 1.54) is 4.90 Å². The lowest BCUT2D eigenvalue weighted by molar-refractivity contribution is -0.210. The predicted molar refractivity (Wildman–Crippen MR) is 100 cm³/mol. The Morgan fingerprint density at radius 2 is 2.04 bits per heavy atom. The van der Waals surface area contributed by atoms with Crippen molar-refractivity contribution in [2.75, 3.05) is 13.2 Å². The molecule has 1 aromatic carbocycles. The van der Waals surface area contributed by atoms with Gasteiger partial charge in [0, 0.05) is 35.4 Å². The van der Waals surface area contributed by atoms with E-state index in [1.54, 1.807) is 18.2 Å². The normalized spacial score (nSPS) is 28.0. The number of carbonyl (C=O) groups is 3. The van der Waals surface area contributed by atoms with Gasteiger partial charge >= 0.3 is 5.97 Å². The van der Waals surface area contributed by atoms with Crippen molar-refractivity contribution in [3.63, 3.8) is 0 Å². The minimum Gasteiger partial charge on any atom is -0.461 e. The highest BCUT2D eigenvalue weighted by Crippen LogP contribution is 2.53. The van der Waals surface area contributed by atoms with E-state index in [0.29, 0.717) is 23.5 Å². The Hall–Kier alpha value is -1.73. The van der Waals surface area contributed by atoms with Crippen LogP contribution in [-0.2, 0) is 14.3 Å². The third-order valence-electron chi connectivity index (χ3n) is 5.95. The van der Waals surface area contributed by atoms with Gasteiger partial charge in [-0.2, -0.15) is 0 Å². The molecule has 0 radical (unpaired) electrons. The molecule has 2 heterocycles. The van der Waals surface area contributed by atoms with Crippen LogP contribution in [0.4, 0.5) is 0 Å². The minimum absolute atomic E-state index is 0.117. The molecule has 27 heavy (non-hydrogen) atoms. The van der Waals surface area contributed by atoms with Crippen molar-refractivity contribution in [3.8, 4) is 0 Å². The van der Waals surface area contributed by atoms with Gasteiger partial charge in [-0.25, -0.2) is 0 Å². The van der Waals surface area contributed by atoms with E-state index in [9.17, 15) is 14.4 Å². The monoisotopic (exact) mass is 435 g/mol. The number of fused-ring (bicyclic) bond motifs is 2. The van der Waals surface area contributed by atoms with Crippen molar-refractivity contribution in [2.24, 2.45) is 11.3 Å². The molecule has 2 aliphatic heterocycles. The summed E-state index contributed by atoms with van der Waals surface area (Å²) in [7, 11) is 0. The molecule has 0 aromatic heterocycles. The molecule has 1 saturated heterocycles. The maximum absolute atomic E-state index is 12.4. The predicted octanol–water partition coefficient (Wildman–Crippen LogP) is 3.18. The summed E-state index contributed by atoms with van der Waals surface area (Å²) in [5.74, 6) is -0.603. The van der Waals surface area contributed by atoms with Crippen LogP contribution < -0.4 is 0 Å². The second-order valence-corrected chi connectivity index (χ2v) is 8.95. The van der Waals surface area contributed by atoms with Crippen molar-refractivity contribution in [1.29, 1.82) is 0 Å². The molecule has 3 aliphatic rings. The number of hydrogen-bond acceptors (Lipinski definition) is 5. The average Bonchev–Trinajstić information content (AvgIpc) is 3.17. The molecule has 3 atom stereocenters. The van der Waals surface area contributed by atoms with E-state index in [1.807, 2.05) is 0 Å². The van der Waals surface area contributed by atoms with Gasteiger partial charge in [0.05, 0.1) is 17.2 Å². The number of ether oxygens (including phenoxy) is 2. The molecule has 0 bridgehead atoms. The van der Waals surface area contributed by atoms with E-state index < -0.39 is 0 Å². The molecule has 7 heteroatoms. The molecule has 0 unspecified atom stereocenters. The number of benzene rings is 1. The van der Waals surface area contributed by atoms with Crippen LogP contribution in [0.3, 0.4) is 0 Å². The molecule has 2 fully saturated rings. The lowest BCUT2D eigenvalue weighted by Gasteiger charge is -2.53. The lowest BCUT2D eigenvalue weighted by Crippen LogP contribution is -2.61. The molecule has 6 nitrogen and oxygen atoms in total. The fraction of sp³-hybridized carbons (Fsp3) is 0.550. The van der Waals surface area contributed by atoms with E-state index in [4.69, 9.17) is 9.47 Å². The topological polar surface area (TPSA) is 72.9 Å². The highest BCUT2D eigenvalue weighted by molar-refractivity contribution is 9.10. The number of amides is 2. The van der Waals surface area contributed by atoms with E-state index in [2.05, 4.69) is 29.8 Å². The molecule has 1 saturated carbocycles. The first kappa shape index (κ1) is 18.6. The summed E-state index contributed by atoms with van der Waals surface area (Å²) in [6.07, 6.45) is 1.56. The van der Waals surface area contributed by atoms with Gasteiger partial charge in [0.25, 0.3) is 11.8 Å². The lowest BCUT2D eigenvalue weighted by atomic mass is 9.59. The maximum atomic E-state index is 12.4. The quantitative estimate of drug-likeness (QED) is 0.524. The zero-order valence-electron chi connectivity index (χ0n) is 15.4. The summed E-state index contributed by atoms with van der Waals surface area (Å²) < 4.78 is 12.2. The Balaban J connectivity index is 1.30. The van der Waals surface area contributed by atoms with Gasteiger partial charge in [-0.3, -0.25) is 19.3 Å². The average molecular weight is 436 g/mol. The van der Waals surface area contributed by atoms with Crippen LogP contribution in [0.25, 0.3) is 0 Å². The standard InChI is InChI=1S/C20H22BrNO5/c1-20(2)16-13(7-9-26-16)17(20)27-15(23)4-3-8-22-18(24)12-6-5-11(21)10-14(12)19(22)25/h5-6,10,13,16-17H,3-4,7-9H2,1-2H3/t13-,16-,17+/m1/s1. The van der Waals surface area contributed by atoms with Crippen molar-refractivity contribution >= 4 is 33.7 Å². The molecule has 0 N–H and O–H groups in total. The summed E-state index contributed by atoms with van der Waals surface area (Å²) in [5, 5.41) is 0. The molecule has 144 valence electrons. The van der Waals surface area contributed by atoms with Crippen molar-refractivity contribution in [3.05, 3.63) is 33.8 Å². The van der Waals surface area contributed by atoms with Crippen LogP contribution >= 0.6 is 15.9 Å². The molecule has 1 aromatic rings. The number of nitrogens with zero attached hydrogens (tertiary/aromatic N) is 1. The van der Waals surface area contributed by atoms with Gasteiger partial charge in [0.2, 0.25) is 0 Å². The fourth-order valence-electron chi connectivity index (χ4n) is 4.57. The van der Waals surface area contributed by atoms with Crippen LogP contribution in [0.15, 0.2) is 22.7 Å². The van der Waals surface area contributed by atoms with Crippen LogP contribution in [-0.4, -0.2) is 48.0 Å². The number of esters is 1. The Labute approximate surface area is 166 Å². The van der Waals surface area contributed by atoms with Crippen molar-refractivity contribution in [2.45, 2.75) is 45.3 Å². The van der Waals surface area contributed by atoms with Crippen LogP contribution in [0.2, 0.25) is 0 Å². The largest absolute Gasteiger partial charge is 0.461 e. The smallest absolute Gasteiger partial charge is 0.306 e. The van der Waals surface area contributed by atoms with Gasteiger partial charge in [-0.05, 0) is 31.0 Å². The first-order valence-corrected chi connectivity index (χ1v) is 10.1. The van der Waals surface area contributed by atoms with Crippen LogP contribution in [0, 0.1) is 11.3 Å². The molecule has 1 aliphatic carbocycles. The molecule has 2 amide bonds. The van der Waals surface area contributed by atoms with Gasteiger partial charge in [-0.1, -0.05) is 29.8 Å². The zero-order chi connectivity index (χ0) is 19.3. The summed E-state index contributed by atoms with van der Waals surface area (Å²) >= 11 is 3.32. The highest BCUT2D eigenvalue weighted by Gasteiger charge is 2.61. The molecular formula is C20H22BrNO5. The number of carbonyl (C=O) groups excluding carboxylic acids is 3. The Morgan fingerprint density at radius 1 is 1.30 bits per heavy atom. The Kier molecular flexibility index (Phi) is 4.63. The highest BCUT2D eigenvalue weighted by atomic mass is 79.9. The first-order valence-electron chi connectivity index (χ1n) is 9.27. The SMILES string of the molecule is CC1(C)[C@@H]2OCC[C@H]2[C@@H]1OC(=O)CCCN1C(=O)c2ccc(Br)cc2C1=O. The van der Waals surface area contributed by atoms with Crippen LogP contribution in [0.5, 0.6) is 0 Å². The van der Waals surface area contributed by atoms with E-state index in [-0.39, 0.29) is 48.4 Å². The molecular weight excluding hydrogens is 414 g/mol. The van der Waals surface area contributed by atoms with E-state index >= 15 is 0 Å². The summed E-state index contributed by atoms with van der Waals surface area (Å²) in [6.45, 7) is 5.06.